The Morgan fingerprint density at radius 3 is 2.36 bits per heavy atom. The zero-order valence-electron chi connectivity index (χ0n) is 19.9. The average molecular weight is 457 g/mol. The Kier molecular flexibility index (Phi) is 7.96. The fourth-order valence-electron chi connectivity index (χ4n) is 4.67. The smallest absolute Gasteiger partial charge is 0.245 e. The van der Waals surface area contributed by atoms with Crippen molar-refractivity contribution in [1.82, 2.24) is 20.5 Å². The van der Waals surface area contributed by atoms with Gasteiger partial charge in [0.2, 0.25) is 5.95 Å². The van der Waals surface area contributed by atoms with Crippen molar-refractivity contribution < 1.29 is 9.50 Å². The first-order chi connectivity index (χ1) is 15.0. The van der Waals surface area contributed by atoms with Gasteiger partial charge in [-0.25, -0.2) is 9.37 Å². The van der Waals surface area contributed by atoms with Crippen LogP contribution in [0.25, 0.3) is 11.3 Å². The Morgan fingerprint density at radius 2 is 1.85 bits per heavy atom. The highest BCUT2D eigenvalue weighted by Gasteiger charge is 2.39. The fraction of sp³-hybridized carbons (Fsp3) is 0.520. The number of hydrogen-bond acceptors (Lipinski definition) is 7. The molecule has 1 aliphatic rings. The first-order valence-electron chi connectivity index (χ1n) is 10.8. The predicted octanol–water partition coefficient (Wildman–Crippen LogP) is 4.76. The van der Waals surface area contributed by atoms with Crippen molar-refractivity contribution in [2.24, 2.45) is 4.99 Å². The van der Waals surface area contributed by atoms with Gasteiger partial charge in [-0.1, -0.05) is 13.5 Å². The van der Waals surface area contributed by atoms with Gasteiger partial charge in [0.1, 0.15) is 17.3 Å². The van der Waals surface area contributed by atoms with Crippen molar-refractivity contribution >= 4 is 11.7 Å². The van der Waals surface area contributed by atoms with E-state index in [9.17, 15) is 9.50 Å². The fourth-order valence-corrected chi connectivity index (χ4v) is 4.67. The second-order valence-electron chi connectivity index (χ2n) is 9.67. The average Bonchev–Trinajstić information content (AvgIpc) is 2.71. The third-order valence-corrected chi connectivity index (χ3v) is 5.78. The Hall–Kier alpha value is -2.87. The summed E-state index contributed by atoms with van der Waals surface area (Å²) >= 11 is 0. The zero-order chi connectivity index (χ0) is 23.7. The van der Waals surface area contributed by atoms with E-state index < -0.39 is 5.82 Å². The topological polar surface area (TPSA) is 86.5 Å². The number of benzene rings is 1. The molecule has 1 saturated heterocycles. The molecule has 2 N–H and O–H groups in total. The van der Waals surface area contributed by atoms with Crippen LogP contribution in [-0.4, -0.2) is 57.2 Å². The van der Waals surface area contributed by atoms with Gasteiger partial charge in [0.15, 0.2) is 0 Å². The summed E-state index contributed by atoms with van der Waals surface area (Å²) in [6, 6.07) is 2.84. The Morgan fingerprint density at radius 1 is 1.21 bits per heavy atom. The number of aliphatic imine (C=N–C) groups is 1. The van der Waals surface area contributed by atoms with Crippen molar-refractivity contribution in [3.63, 3.8) is 0 Å². The number of nitrogens with one attached hydrogen (secondary N) is 1. The molecule has 0 atom stereocenters. The predicted molar refractivity (Wildman–Crippen MR) is 134 cm³/mol. The van der Waals surface area contributed by atoms with Crippen molar-refractivity contribution in [1.29, 1.82) is 0 Å². The summed E-state index contributed by atoms with van der Waals surface area (Å²) in [5.74, 6) is -0.109. The largest absolute Gasteiger partial charge is 0.507 e. The molecule has 1 fully saturated rings. The molecule has 0 radical (unpaired) electrons. The van der Waals surface area contributed by atoms with E-state index in [1.807, 2.05) is 18.9 Å². The van der Waals surface area contributed by atoms with Crippen LogP contribution in [0.4, 0.5) is 10.3 Å². The number of phenols is 1. The molecule has 2 heterocycles. The maximum atomic E-state index is 14.8. The molecule has 180 valence electrons. The molecule has 1 aliphatic heterocycles. The third kappa shape index (κ3) is 5.93. The lowest BCUT2D eigenvalue weighted by molar-refractivity contribution is 0.160. The van der Waals surface area contributed by atoms with Gasteiger partial charge in [-0.15, -0.1) is 10.2 Å². The molecule has 3 rings (SSSR count). The molecule has 1 aromatic carbocycles. The van der Waals surface area contributed by atoms with Crippen LogP contribution >= 0.6 is 0 Å². The van der Waals surface area contributed by atoms with Gasteiger partial charge in [-0.05, 0) is 65.7 Å². The lowest BCUT2D eigenvalue weighted by Crippen LogP contribution is -2.62. The number of halogens is 1. The van der Waals surface area contributed by atoms with Gasteiger partial charge in [0.25, 0.3) is 0 Å². The van der Waals surface area contributed by atoms with Gasteiger partial charge in [-0.3, -0.25) is 4.99 Å². The van der Waals surface area contributed by atoms with E-state index in [0.717, 1.165) is 12.8 Å². The number of anilines is 1. The summed E-state index contributed by atoms with van der Waals surface area (Å²) in [6.07, 6.45) is 6.86. The second-order valence-corrected chi connectivity index (χ2v) is 9.67. The Bertz CT molecular complexity index is 1010. The molecular formula is C25H37FN6O. The molecule has 0 bridgehead atoms. The molecular weight excluding hydrogens is 419 g/mol. The highest BCUT2D eigenvalue weighted by Crippen LogP contribution is 2.33. The van der Waals surface area contributed by atoms with E-state index in [-0.39, 0.29) is 41.4 Å². The summed E-state index contributed by atoms with van der Waals surface area (Å²) in [7, 11) is 3.55. The number of rotatable bonds is 5. The minimum atomic E-state index is -0.501. The van der Waals surface area contributed by atoms with E-state index in [1.165, 1.54) is 18.3 Å². The second kappa shape index (κ2) is 9.95. The number of hydrogen-bond donors (Lipinski definition) is 2. The van der Waals surface area contributed by atoms with Crippen LogP contribution < -0.4 is 10.2 Å². The summed E-state index contributed by atoms with van der Waals surface area (Å²) < 4.78 is 14.8. The number of phenolic OH excluding ortho intramolecular Hbond substituents is 1. The summed E-state index contributed by atoms with van der Waals surface area (Å²) in [5.41, 5.74) is 1.19. The van der Waals surface area contributed by atoms with E-state index in [1.54, 1.807) is 19.2 Å². The van der Waals surface area contributed by atoms with Crippen LogP contribution in [0.1, 0.15) is 60.5 Å². The first-order valence-corrected chi connectivity index (χ1v) is 10.8. The first kappa shape index (κ1) is 26.4. The third-order valence-electron chi connectivity index (χ3n) is 5.78. The molecule has 33 heavy (non-hydrogen) atoms. The van der Waals surface area contributed by atoms with E-state index >= 15 is 0 Å². The zero-order valence-corrected chi connectivity index (χ0v) is 19.9. The normalized spacial score (nSPS) is 18.2. The molecule has 0 amide bonds. The van der Waals surface area contributed by atoms with E-state index in [4.69, 9.17) is 0 Å². The lowest BCUT2D eigenvalue weighted by Gasteiger charge is -2.48. The molecule has 7 nitrogen and oxygen atoms in total. The van der Waals surface area contributed by atoms with Gasteiger partial charge in [-0.2, -0.15) is 0 Å². The molecule has 1 aromatic heterocycles. The van der Waals surface area contributed by atoms with Gasteiger partial charge < -0.3 is 15.3 Å². The van der Waals surface area contributed by atoms with Crippen LogP contribution in [0.5, 0.6) is 5.75 Å². The highest BCUT2D eigenvalue weighted by atomic mass is 19.1. The maximum Gasteiger partial charge on any atom is 0.245 e. The number of aromatic nitrogens is 3. The number of piperidine rings is 1. The number of allylic oxidation sites excluding steroid dienone is 2. The molecule has 0 spiro atoms. The molecule has 0 saturated carbocycles. The summed E-state index contributed by atoms with van der Waals surface area (Å²) in [4.78, 5) is 10.6. The van der Waals surface area contributed by atoms with Crippen LogP contribution in [0.15, 0.2) is 35.5 Å². The van der Waals surface area contributed by atoms with Crippen LogP contribution in [0, 0.1) is 5.82 Å². The van der Waals surface area contributed by atoms with Crippen LogP contribution in [0.3, 0.4) is 0 Å². The van der Waals surface area contributed by atoms with Crippen LogP contribution in [0.2, 0.25) is 0 Å². The number of nitrogens with zero attached hydrogens (tertiary/aromatic N) is 5. The SMILES string of the molecule is C.C/C=C\C(=NC)c1cc(O)c(-c2cnc(N(C)C3CC(C)(C)NC(C)(C)C3)nn2)cc1F. The van der Waals surface area contributed by atoms with E-state index in [0.29, 0.717) is 17.4 Å². The standard InChI is InChI=1S/C24H33FN6O.CH4/c1-8-9-19(26-6)16-11-21(32)17(10-18(16)25)20-14-27-22(29-28-20)31(7)15-12-23(2,3)30-24(4,5)13-15;/h8-11,14-15,30,32H,12-13H2,1-7H3;1H4/b9-8-,26-19?;. The molecule has 0 aliphatic carbocycles. The highest BCUT2D eigenvalue weighted by molar-refractivity contribution is 6.09. The maximum absolute atomic E-state index is 14.8. The lowest BCUT2D eigenvalue weighted by atomic mass is 9.79. The van der Waals surface area contributed by atoms with Crippen molar-refractivity contribution in [2.75, 3.05) is 19.0 Å². The van der Waals surface area contributed by atoms with Crippen LogP contribution in [-0.2, 0) is 0 Å². The van der Waals surface area contributed by atoms with Gasteiger partial charge in [0, 0.05) is 42.3 Å². The Balaban J connectivity index is 0.00000385. The van der Waals surface area contributed by atoms with Gasteiger partial charge >= 0.3 is 0 Å². The van der Waals surface area contributed by atoms with Gasteiger partial charge in [0.05, 0.1) is 11.9 Å². The monoisotopic (exact) mass is 456 g/mol. The minimum Gasteiger partial charge on any atom is -0.507 e. The summed E-state index contributed by atoms with van der Waals surface area (Å²) in [6.45, 7) is 10.6. The Labute approximate surface area is 196 Å². The number of aromatic hydroxyl groups is 1. The van der Waals surface area contributed by atoms with E-state index in [2.05, 4.69) is 53.2 Å². The van der Waals surface area contributed by atoms with Crippen molar-refractivity contribution in [3.8, 4) is 17.0 Å². The molecule has 8 heteroatoms. The quantitative estimate of drug-likeness (QED) is 0.631. The summed E-state index contributed by atoms with van der Waals surface area (Å²) in [5, 5.41) is 22.7. The minimum absolute atomic E-state index is 0. The van der Waals surface area contributed by atoms with Crippen molar-refractivity contribution in [3.05, 3.63) is 41.9 Å². The molecule has 0 unspecified atom stereocenters. The molecule has 2 aromatic rings. The van der Waals surface area contributed by atoms with Crippen molar-refractivity contribution in [2.45, 2.75) is 72.0 Å².